The van der Waals surface area contributed by atoms with Crippen LogP contribution in [0, 0.1) is 5.92 Å². The van der Waals surface area contributed by atoms with Crippen LogP contribution in [0.15, 0.2) is 48.5 Å². The molecule has 0 bridgehead atoms. The Hall–Kier alpha value is -6.84. The molecule has 0 spiro atoms. The highest BCUT2D eigenvalue weighted by atomic mass is 32.3. The van der Waals surface area contributed by atoms with Gasteiger partial charge in [0.15, 0.2) is 0 Å². The molecule has 0 aromatic heterocycles. The van der Waals surface area contributed by atoms with Crippen molar-refractivity contribution in [3.8, 4) is 11.5 Å². The summed E-state index contributed by atoms with van der Waals surface area (Å²) in [5, 5.41) is 45.5. The SMILES string of the molecule is CC[C@H](C)[C@H](NC(=O)[C@@H](N)Cc1ccc(OS(=O)(=O)O)cc1)C(=O)N[C@@H](Cc1ccc(OS(=O)(=O)O)cc1)C(=O)N[C@H](C(=O)N[C@@H](CCCCNC(=O)CCCCCNC(=O)CCCCCNC(=O)CCCC[C@@H]1SC[C@@H]2NC(=O)N[C@@H]21)C(=O)O)[C@@H](C)O. The topological polar surface area (TPSA) is 456 Å². The Morgan fingerprint density at radius 1 is 0.614 bits per heavy atom. The quantitative estimate of drug-likeness (QED) is 0.0250. The normalized spacial score (nSPS) is 17.8. The Balaban J connectivity index is 1.17. The van der Waals surface area contributed by atoms with E-state index in [1.54, 1.807) is 13.8 Å². The molecule has 2 aromatic carbocycles. The van der Waals surface area contributed by atoms with Crippen molar-refractivity contribution in [2.45, 2.75) is 190 Å². The second-order valence-corrected chi connectivity index (χ2v) is 25.2. The number of unbranched alkanes of at least 4 members (excludes halogenated alkanes) is 6. The first-order chi connectivity index (χ1) is 41.6. The molecule has 2 fully saturated rings. The van der Waals surface area contributed by atoms with Crippen LogP contribution in [0.1, 0.15) is 135 Å². The van der Waals surface area contributed by atoms with Crippen molar-refractivity contribution in [2.24, 2.45) is 11.7 Å². The molecule has 0 radical (unpaired) electrons. The zero-order valence-corrected chi connectivity index (χ0v) is 52.1. The van der Waals surface area contributed by atoms with Gasteiger partial charge in [0, 0.05) is 56.3 Å². The van der Waals surface area contributed by atoms with Gasteiger partial charge in [0.2, 0.25) is 41.4 Å². The first-order valence-electron chi connectivity index (χ1n) is 29.5. The number of hydrogen-bond acceptors (Lipinski definition) is 18. The van der Waals surface area contributed by atoms with Crippen molar-refractivity contribution in [3.05, 3.63) is 59.7 Å². The number of rotatable bonds is 42. The van der Waals surface area contributed by atoms with Gasteiger partial charge in [0.05, 0.1) is 24.2 Å². The summed E-state index contributed by atoms with van der Waals surface area (Å²) in [6.07, 6.45) is 6.63. The summed E-state index contributed by atoms with van der Waals surface area (Å²) in [7, 11) is -9.70. The van der Waals surface area contributed by atoms with E-state index in [4.69, 9.17) is 14.8 Å². The zero-order chi connectivity index (χ0) is 65.0. The molecule has 2 heterocycles. The largest absolute Gasteiger partial charge is 0.480 e. The number of benzene rings is 2. The number of hydrogen-bond donors (Lipinski definition) is 14. The summed E-state index contributed by atoms with van der Waals surface area (Å²) in [5.74, 6) is -5.70. The smallest absolute Gasteiger partial charge is 0.446 e. The maximum Gasteiger partial charge on any atom is 0.446 e. The molecule has 9 amide bonds. The van der Waals surface area contributed by atoms with Crippen LogP contribution in [-0.2, 0) is 72.0 Å². The number of nitrogens with two attached hydrogens (primary N) is 1. The molecule has 2 aliphatic rings. The van der Waals surface area contributed by atoms with Crippen LogP contribution in [0.25, 0.3) is 0 Å². The summed E-state index contributed by atoms with van der Waals surface area (Å²) < 4.78 is 71.6. The fourth-order valence-corrected chi connectivity index (χ4v) is 11.9. The number of fused-ring (bicyclic) bond motifs is 1. The second kappa shape index (κ2) is 37.2. The average molecular weight is 1300 g/mol. The van der Waals surface area contributed by atoms with E-state index in [0.717, 1.165) is 56.9 Å². The maximum absolute atomic E-state index is 14.1. The number of aliphatic hydroxyl groups excluding tert-OH is 1. The van der Waals surface area contributed by atoms with Crippen molar-refractivity contribution in [1.29, 1.82) is 0 Å². The molecule has 88 heavy (non-hydrogen) atoms. The number of amides is 9. The lowest BCUT2D eigenvalue weighted by Gasteiger charge is -2.29. The van der Waals surface area contributed by atoms with Crippen molar-refractivity contribution >= 4 is 85.9 Å². The average Bonchev–Trinajstić information content (AvgIpc) is 1.90. The molecule has 2 saturated heterocycles. The van der Waals surface area contributed by atoms with Gasteiger partial charge in [-0.1, -0.05) is 63.8 Å². The third-order valence-electron chi connectivity index (χ3n) is 14.7. The van der Waals surface area contributed by atoms with Gasteiger partial charge in [-0.15, -0.1) is 0 Å². The Labute approximate surface area is 517 Å². The first kappa shape index (κ1) is 73.6. The second-order valence-electron chi connectivity index (χ2n) is 21.9. The van der Waals surface area contributed by atoms with Gasteiger partial charge in [0.25, 0.3) is 0 Å². The summed E-state index contributed by atoms with van der Waals surface area (Å²) in [6, 6.07) is 2.93. The fraction of sp³-hybridized carbons (Fsp3) is 0.625. The van der Waals surface area contributed by atoms with Gasteiger partial charge in [0.1, 0.15) is 35.7 Å². The van der Waals surface area contributed by atoms with E-state index in [-0.39, 0.29) is 91.5 Å². The van der Waals surface area contributed by atoms with Crippen molar-refractivity contribution in [3.63, 3.8) is 0 Å². The van der Waals surface area contributed by atoms with Gasteiger partial charge < -0.3 is 72.2 Å². The molecule has 0 aliphatic carbocycles. The van der Waals surface area contributed by atoms with Crippen LogP contribution >= 0.6 is 11.8 Å². The Morgan fingerprint density at radius 3 is 1.57 bits per heavy atom. The van der Waals surface area contributed by atoms with E-state index in [9.17, 15) is 70.2 Å². The summed E-state index contributed by atoms with van der Waals surface area (Å²) >= 11 is 1.86. The molecule has 4 rings (SSSR count). The van der Waals surface area contributed by atoms with E-state index >= 15 is 0 Å². The minimum absolute atomic E-state index is 0.0158. The highest BCUT2D eigenvalue weighted by Crippen LogP contribution is 2.33. The number of nitrogens with one attached hydrogen (secondary N) is 9. The van der Waals surface area contributed by atoms with E-state index in [0.29, 0.717) is 75.3 Å². The van der Waals surface area contributed by atoms with Gasteiger partial charge >= 0.3 is 32.8 Å². The van der Waals surface area contributed by atoms with Crippen LogP contribution in [0.3, 0.4) is 0 Å². The molecule has 10 atom stereocenters. The van der Waals surface area contributed by atoms with Crippen LogP contribution in [0.5, 0.6) is 11.5 Å². The number of aliphatic hydroxyl groups is 1. The lowest BCUT2D eigenvalue weighted by molar-refractivity contribution is -0.143. The van der Waals surface area contributed by atoms with Crippen molar-refractivity contribution in [1.82, 2.24) is 47.9 Å². The fourth-order valence-electron chi connectivity index (χ4n) is 9.67. The summed E-state index contributed by atoms with van der Waals surface area (Å²) in [5.41, 5.74) is 6.92. The monoisotopic (exact) mass is 1300 g/mol. The lowest BCUT2D eigenvalue weighted by Crippen LogP contribution is -2.61. The van der Waals surface area contributed by atoms with Gasteiger partial charge in [-0.2, -0.15) is 28.6 Å². The highest BCUT2D eigenvalue weighted by Gasteiger charge is 2.42. The van der Waals surface area contributed by atoms with Gasteiger partial charge in [-0.3, -0.25) is 42.7 Å². The summed E-state index contributed by atoms with van der Waals surface area (Å²) in [4.78, 5) is 116. The van der Waals surface area contributed by atoms with Gasteiger partial charge in [-0.25, -0.2) is 9.59 Å². The van der Waals surface area contributed by atoms with Crippen LogP contribution in [0.4, 0.5) is 4.79 Å². The molecule has 29 nitrogen and oxygen atoms in total. The van der Waals surface area contributed by atoms with Crippen LogP contribution in [-0.4, -0.2) is 169 Å². The number of carboxylic acid groups (broad SMARTS) is 1. The molecule has 0 unspecified atom stereocenters. The third-order valence-corrected chi connectivity index (χ3v) is 17.0. The standard InChI is InChI=1S/C56H86N10O19S3/c1-4-34(2)48(64-51(71)40(57)31-36-20-24-38(25-21-36)84-87(78,79)80)53(73)62-42(32-37-22-26-39(27-23-37)85-88(81,82)83)52(72)65-49(35(3)67)54(74)61-41(55(75)76)15-11-14-30-60-46(69)18-8-6-12-28-58-45(68)17-7-5-13-29-59-47(70)19-10-9-16-44-50-43(33-86-44)63-56(77)66-50/h20-27,34-35,40-44,48-50,67H,4-19,28-33,57H2,1-3H3,(H,58,68)(H,59,70)(H,60,69)(H,61,74)(H,62,73)(H,64,71)(H,65,72)(H,75,76)(H2,63,66,77)(H,78,79,80)(H,81,82,83)/t34-,35+,40-,41-,42-,43-,44-,48-,49-,50-/m0/s1. The molecular formula is C56H86N10O19S3. The maximum atomic E-state index is 14.1. The first-order valence-corrected chi connectivity index (χ1v) is 33.3. The zero-order valence-electron chi connectivity index (χ0n) is 49.7. The predicted octanol–water partition coefficient (Wildman–Crippen LogP) is 0.979. The predicted molar refractivity (Wildman–Crippen MR) is 323 cm³/mol. The number of thioether (sulfide) groups is 1. The lowest BCUT2D eigenvalue weighted by atomic mass is 9.96. The Bertz CT molecular complexity index is 2870. The third kappa shape index (κ3) is 28.1. The minimum Gasteiger partial charge on any atom is -0.480 e. The molecule has 0 saturated carbocycles. The Kier molecular flexibility index (Phi) is 31.1. The number of carbonyl (C=O) groups excluding carboxylic acids is 8. The van der Waals surface area contributed by atoms with E-state index in [1.807, 2.05) is 11.8 Å². The molecule has 32 heteroatoms. The van der Waals surface area contributed by atoms with Crippen LogP contribution < -0.4 is 62.0 Å². The van der Waals surface area contributed by atoms with Crippen molar-refractivity contribution < 1.29 is 87.7 Å². The molecule has 492 valence electrons. The number of aliphatic carboxylic acids is 1. The van der Waals surface area contributed by atoms with Crippen molar-refractivity contribution in [2.75, 3.05) is 25.4 Å². The Morgan fingerprint density at radius 2 is 1.08 bits per heavy atom. The number of urea groups is 1. The molecular weight excluding hydrogens is 1210 g/mol. The summed E-state index contributed by atoms with van der Waals surface area (Å²) in [6.45, 7) is 5.75. The number of carboxylic acids is 1. The molecule has 2 aromatic rings. The van der Waals surface area contributed by atoms with Crippen LogP contribution in [0.2, 0.25) is 0 Å². The van der Waals surface area contributed by atoms with E-state index in [1.165, 1.54) is 36.4 Å². The minimum atomic E-state index is -4.90. The molecule has 15 N–H and O–H groups in total. The number of carbonyl (C=O) groups is 9. The van der Waals surface area contributed by atoms with E-state index in [2.05, 4.69) is 56.2 Å². The molecule has 2 aliphatic heterocycles. The highest BCUT2D eigenvalue weighted by molar-refractivity contribution is 8.00. The van der Waals surface area contributed by atoms with E-state index < -0.39 is 92.6 Å². The van der Waals surface area contributed by atoms with Gasteiger partial charge in [-0.05, 0) is 112 Å².